The lowest BCUT2D eigenvalue weighted by Gasteiger charge is -2.40. The molecule has 3 heteroatoms. The van der Waals surface area contributed by atoms with Gasteiger partial charge in [0.25, 0.3) is 0 Å². The fourth-order valence-corrected chi connectivity index (χ4v) is 3.58. The number of aliphatic imine (C=N–C) groups is 1. The molecule has 0 unspecified atom stereocenters. The first-order chi connectivity index (χ1) is 11.7. The van der Waals surface area contributed by atoms with Gasteiger partial charge in [-0.25, -0.2) is 0 Å². The van der Waals surface area contributed by atoms with Crippen molar-refractivity contribution < 1.29 is 0 Å². The topological polar surface area (TPSA) is 15.6 Å². The van der Waals surface area contributed by atoms with E-state index in [2.05, 4.69) is 88.0 Å². The average molecular weight is 353 g/mol. The summed E-state index contributed by atoms with van der Waals surface area (Å²) in [6.07, 6.45) is 4.17. The molecule has 0 saturated carbocycles. The monoisotopic (exact) mass is 352 g/mol. The van der Waals surface area contributed by atoms with Gasteiger partial charge in [-0.2, -0.15) is 0 Å². The Morgan fingerprint density at radius 2 is 1.80 bits per heavy atom. The number of aryl methyl sites for hydroxylation is 2. The van der Waals surface area contributed by atoms with Gasteiger partial charge < -0.3 is 4.90 Å². The molecular formula is C22H25ClN2. The lowest BCUT2D eigenvalue weighted by Crippen LogP contribution is -2.42. The summed E-state index contributed by atoms with van der Waals surface area (Å²) < 4.78 is 0. The highest BCUT2D eigenvalue weighted by atomic mass is 35.5. The quantitative estimate of drug-likeness (QED) is 0.576. The van der Waals surface area contributed by atoms with Crippen LogP contribution < -0.4 is 4.90 Å². The fraction of sp³-hybridized carbons (Fsp3) is 0.318. The second kappa shape index (κ2) is 6.34. The second-order valence-corrected chi connectivity index (χ2v) is 7.89. The van der Waals surface area contributed by atoms with Crippen LogP contribution in [-0.2, 0) is 0 Å². The number of hydrogen-bond donors (Lipinski definition) is 0. The molecule has 2 nitrogen and oxygen atoms in total. The van der Waals surface area contributed by atoms with Gasteiger partial charge in [0.15, 0.2) is 0 Å². The SMILES string of the molecule is CC1=CC(C)(C)N(C)c2cc(Cl)c(C=Nc3ccc(C)cc3C)cc21. The Hall–Kier alpha value is -2.06. The van der Waals surface area contributed by atoms with Crippen molar-refractivity contribution in [2.24, 2.45) is 4.99 Å². The summed E-state index contributed by atoms with van der Waals surface area (Å²) in [6.45, 7) is 10.8. The van der Waals surface area contributed by atoms with Crippen molar-refractivity contribution in [3.63, 3.8) is 0 Å². The lowest BCUT2D eigenvalue weighted by atomic mass is 9.88. The average Bonchev–Trinajstić information content (AvgIpc) is 2.52. The summed E-state index contributed by atoms with van der Waals surface area (Å²) in [4.78, 5) is 6.93. The molecule has 0 atom stereocenters. The molecule has 0 spiro atoms. The number of benzene rings is 2. The van der Waals surface area contributed by atoms with E-state index in [9.17, 15) is 0 Å². The largest absolute Gasteiger partial charge is 0.365 e. The van der Waals surface area contributed by atoms with Crippen molar-refractivity contribution in [2.75, 3.05) is 11.9 Å². The first-order valence-electron chi connectivity index (χ1n) is 8.57. The van der Waals surface area contributed by atoms with Gasteiger partial charge in [-0.1, -0.05) is 35.4 Å². The highest BCUT2D eigenvalue weighted by Crippen LogP contribution is 2.40. The van der Waals surface area contributed by atoms with Gasteiger partial charge in [0.05, 0.1) is 16.2 Å². The Bertz CT molecular complexity index is 891. The van der Waals surface area contributed by atoms with Crippen LogP contribution in [0.1, 0.15) is 43.0 Å². The molecular weight excluding hydrogens is 328 g/mol. The van der Waals surface area contributed by atoms with E-state index in [-0.39, 0.29) is 5.54 Å². The van der Waals surface area contributed by atoms with Gasteiger partial charge in [0.2, 0.25) is 0 Å². The zero-order valence-corrected chi connectivity index (χ0v) is 16.6. The smallest absolute Gasteiger partial charge is 0.0659 e. The summed E-state index contributed by atoms with van der Waals surface area (Å²) in [7, 11) is 2.11. The number of allylic oxidation sites excluding steroid dienone is 1. The van der Waals surface area contributed by atoms with E-state index in [0.29, 0.717) is 0 Å². The van der Waals surface area contributed by atoms with Crippen LogP contribution in [0.5, 0.6) is 0 Å². The second-order valence-electron chi connectivity index (χ2n) is 7.48. The molecule has 0 aliphatic carbocycles. The van der Waals surface area contributed by atoms with Crippen LogP contribution in [0.25, 0.3) is 5.57 Å². The molecule has 0 amide bonds. The first kappa shape index (κ1) is 17.8. The van der Waals surface area contributed by atoms with E-state index in [1.807, 2.05) is 6.21 Å². The third kappa shape index (κ3) is 3.36. The van der Waals surface area contributed by atoms with Crippen molar-refractivity contribution in [2.45, 2.75) is 40.2 Å². The normalized spacial score (nSPS) is 16.1. The molecule has 1 heterocycles. The van der Waals surface area contributed by atoms with Crippen molar-refractivity contribution in [3.05, 3.63) is 63.7 Å². The Balaban J connectivity index is 2.02. The van der Waals surface area contributed by atoms with Crippen molar-refractivity contribution in [1.82, 2.24) is 0 Å². The van der Waals surface area contributed by atoms with Gasteiger partial charge >= 0.3 is 0 Å². The molecule has 0 N–H and O–H groups in total. The molecule has 2 aromatic rings. The highest BCUT2D eigenvalue weighted by molar-refractivity contribution is 6.33. The Kier molecular flexibility index (Phi) is 4.51. The van der Waals surface area contributed by atoms with E-state index in [1.54, 1.807) is 0 Å². The van der Waals surface area contributed by atoms with Crippen LogP contribution in [0.2, 0.25) is 5.02 Å². The van der Waals surface area contributed by atoms with Crippen LogP contribution in [0.4, 0.5) is 11.4 Å². The summed E-state index contributed by atoms with van der Waals surface area (Å²) in [5.41, 5.74) is 7.97. The maximum Gasteiger partial charge on any atom is 0.0659 e. The zero-order chi connectivity index (χ0) is 18.4. The Labute approximate surface area is 155 Å². The van der Waals surface area contributed by atoms with Crippen molar-refractivity contribution >= 4 is 34.8 Å². The minimum atomic E-state index is -0.0188. The molecule has 0 radical (unpaired) electrons. The predicted molar refractivity (Wildman–Crippen MR) is 111 cm³/mol. The first-order valence-corrected chi connectivity index (χ1v) is 8.95. The van der Waals surface area contributed by atoms with Crippen LogP contribution in [0.3, 0.4) is 0 Å². The van der Waals surface area contributed by atoms with E-state index < -0.39 is 0 Å². The Morgan fingerprint density at radius 3 is 2.48 bits per heavy atom. The Morgan fingerprint density at radius 1 is 1.08 bits per heavy atom. The van der Waals surface area contributed by atoms with E-state index in [4.69, 9.17) is 11.6 Å². The van der Waals surface area contributed by atoms with Crippen molar-refractivity contribution in [3.8, 4) is 0 Å². The lowest BCUT2D eigenvalue weighted by molar-refractivity contribution is 0.598. The number of nitrogens with zero attached hydrogens (tertiary/aromatic N) is 2. The van der Waals surface area contributed by atoms with E-state index in [0.717, 1.165) is 16.3 Å². The molecule has 1 aliphatic rings. The molecule has 1 aliphatic heterocycles. The van der Waals surface area contributed by atoms with Gasteiger partial charge in [0, 0.05) is 30.1 Å². The molecule has 0 saturated heterocycles. The highest BCUT2D eigenvalue weighted by Gasteiger charge is 2.29. The molecule has 130 valence electrons. The fourth-order valence-electron chi connectivity index (χ4n) is 3.38. The number of hydrogen-bond acceptors (Lipinski definition) is 2. The minimum absolute atomic E-state index is 0.0188. The van der Waals surface area contributed by atoms with Crippen LogP contribution >= 0.6 is 11.6 Å². The predicted octanol–water partition coefficient (Wildman–Crippen LogP) is 6.34. The van der Waals surface area contributed by atoms with Crippen molar-refractivity contribution in [1.29, 1.82) is 0 Å². The third-order valence-electron chi connectivity index (χ3n) is 5.03. The summed E-state index contributed by atoms with van der Waals surface area (Å²) in [5, 5.41) is 0.726. The molecule has 0 bridgehead atoms. The van der Waals surface area contributed by atoms with Gasteiger partial charge in [-0.3, -0.25) is 4.99 Å². The number of fused-ring (bicyclic) bond motifs is 1. The molecule has 25 heavy (non-hydrogen) atoms. The van der Waals surface area contributed by atoms with Gasteiger partial charge in [0.1, 0.15) is 0 Å². The third-order valence-corrected chi connectivity index (χ3v) is 5.36. The molecule has 0 aromatic heterocycles. The zero-order valence-electron chi connectivity index (χ0n) is 15.8. The molecule has 3 rings (SSSR count). The van der Waals surface area contributed by atoms with Crippen LogP contribution in [0, 0.1) is 13.8 Å². The van der Waals surface area contributed by atoms with Gasteiger partial charge in [-0.15, -0.1) is 0 Å². The van der Waals surface area contributed by atoms with Crippen LogP contribution in [-0.4, -0.2) is 18.8 Å². The minimum Gasteiger partial charge on any atom is -0.365 e. The summed E-state index contributed by atoms with van der Waals surface area (Å²) >= 11 is 6.56. The summed E-state index contributed by atoms with van der Waals surface area (Å²) in [5.74, 6) is 0. The molecule has 2 aromatic carbocycles. The van der Waals surface area contributed by atoms with Crippen LogP contribution in [0.15, 0.2) is 41.4 Å². The molecule has 0 fully saturated rings. The number of rotatable bonds is 2. The number of anilines is 1. The van der Waals surface area contributed by atoms with E-state index in [1.165, 1.54) is 28.0 Å². The number of halogens is 1. The number of likely N-dealkylation sites (N-methyl/N-ethyl adjacent to an activating group) is 1. The maximum atomic E-state index is 6.56. The summed E-state index contributed by atoms with van der Waals surface area (Å²) in [6, 6.07) is 10.5. The maximum absolute atomic E-state index is 6.56. The standard InChI is InChI=1S/C22H25ClN2/c1-14-7-8-20(15(2)9-14)24-13-17-10-18-16(3)12-22(4,5)25(6)21(18)11-19(17)23/h7-13H,1-6H3. The van der Waals surface area contributed by atoms with E-state index >= 15 is 0 Å². The van der Waals surface area contributed by atoms with Gasteiger partial charge in [-0.05, 0) is 64.0 Å².